The second kappa shape index (κ2) is 6.07. The largest absolute Gasteiger partial charge is 0.342 e. The van der Waals surface area contributed by atoms with Crippen LogP contribution in [0.2, 0.25) is 0 Å². The molecule has 1 saturated heterocycles. The summed E-state index contributed by atoms with van der Waals surface area (Å²) in [6.45, 7) is 4.24. The normalized spacial score (nSPS) is 43.6. The van der Waals surface area contributed by atoms with Crippen LogP contribution in [0.4, 0.5) is 0 Å². The van der Waals surface area contributed by atoms with Crippen LogP contribution < -0.4 is 5.73 Å². The molecule has 0 spiro atoms. The van der Waals surface area contributed by atoms with Gasteiger partial charge in [0.1, 0.15) is 0 Å². The summed E-state index contributed by atoms with van der Waals surface area (Å²) in [5.74, 6) is 1.18. The first-order valence-corrected chi connectivity index (χ1v) is 11.0. The van der Waals surface area contributed by atoms with Gasteiger partial charge in [0, 0.05) is 19.1 Å². The Bertz CT molecular complexity index is 733. The van der Waals surface area contributed by atoms with Crippen molar-refractivity contribution in [2.75, 3.05) is 13.1 Å². The monoisotopic (exact) mass is 366 g/mol. The maximum atomic E-state index is 13.9. The van der Waals surface area contributed by atoms with Crippen LogP contribution >= 0.6 is 0 Å². The van der Waals surface area contributed by atoms with E-state index < -0.39 is 0 Å². The molecule has 4 saturated carbocycles. The molecule has 0 radical (unpaired) electrons. The Balaban J connectivity index is 1.50. The van der Waals surface area contributed by atoms with Crippen molar-refractivity contribution in [3.63, 3.8) is 0 Å². The highest BCUT2D eigenvalue weighted by atomic mass is 16.2. The van der Waals surface area contributed by atoms with Crippen LogP contribution in [0.5, 0.6) is 0 Å². The van der Waals surface area contributed by atoms with Gasteiger partial charge < -0.3 is 10.6 Å². The SMILES string of the molecule is CC12CC3CC(C(=O)N4CCCC(N)CC4)(C1)CC(c1ccccc1)(C3)C2. The van der Waals surface area contributed by atoms with Crippen LogP contribution in [0, 0.1) is 16.7 Å². The lowest BCUT2D eigenvalue weighted by Crippen LogP contribution is -2.62. The Morgan fingerprint density at radius 2 is 1.85 bits per heavy atom. The van der Waals surface area contributed by atoms with E-state index in [1.807, 2.05) is 0 Å². The molecule has 3 heteroatoms. The minimum atomic E-state index is -0.127. The van der Waals surface area contributed by atoms with Crippen molar-refractivity contribution in [2.45, 2.75) is 76.2 Å². The molecule has 146 valence electrons. The van der Waals surface area contributed by atoms with E-state index in [-0.39, 0.29) is 16.9 Å². The van der Waals surface area contributed by atoms with E-state index in [1.54, 1.807) is 0 Å². The minimum absolute atomic E-state index is 0.127. The first-order chi connectivity index (χ1) is 12.9. The van der Waals surface area contributed by atoms with E-state index >= 15 is 0 Å². The van der Waals surface area contributed by atoms with E-state index in [9.17, 15) is 4.79 Å². The number of hydrogen-bond donors (Lipinski definition) is 1. The van der Waals surface area contributed by atoms with Gasteiger partial charge in [0.15, 0.2) is 0 Å². The fraction of sp³-hybridized carbons (Fsp3) is 0.708. The molecule has 1 amide bonds. The van der Waals surface area contributed by atoms with Crippen LogP contribution in [0.15, 0.2) is 30.3 Å². The van der Waals surface area contributed by atoms with Gasteiger partial charge in [-0.2, -0.15) is 0 Å². The van der Waals surface area contributed by atoms with Gasteiger partial charge in [-0.1, -0.05) is 37.3 Å². The molecular weight excluding hydrogens is 332 g/mol. The van der Waals surface area contributed by atoms with Gasteiger partial charge in [0.25, 0.3) is 0 Å². The van der Waals surface area contributed by atoms with Gasteiger partial charge in [-0.25, -0.2) is 0 Å². The average Bonchev–Trinajstić information content (AvgIpc) is 2.84. The summed E-state index contributed by atoms with van der Waals surface area (Å²) in [4.78, 5) is 16.1. The first-order valence-electron chi connectivity index (χ1n) is 11.0. The van der Waals surface area contributed by atoms with Gasteiger partial charge in [0.2, 0.25) is 5.91 Å². The third kappa shape index (κ3) is 2.85. The summed E-state index contributed by atoms with van der Waals surface area (Å²) >= 11 is 0. The first kappa shape index (κ1) is 17.7. The average molecular weight is 367 g/mol. The molecule has 5 fully saturated rings. The van der Waals surface area contributed by atoms with Gasteiger partial charge >= 0.3 is 0 Å². The zero-order valence-electron chi connectivity index (χ0n) is 16.8. The van der Waals surface area contributed by atoms with Crippen LogP contribution in [-0.4, -0.2) is 29.9 Å². The molecule has 5 aliphatic rings. The summed E-state index contributed by atoms with van der Waals surface area (Å²) in [7, 11) is 0. The minimum Gasteiger partial charge on any atom is -0.342 e. The predicted molar refractivity (Wildman–Crippen MR) is 108 cm³/mol. The number of amides is 1. The summed E-state index contributed by atoms with van der Waals surface area (Å²) in [5.41, 5.74) is 8.08. The number of hydrogen-bond acceptors (Lipinski definition) is 2. The lowest BCUT2D eigenvalue weighted by atomic mass is 9.38. The van der Waals surface area contributed by atoms with Crippen LogP contribution in [0.3, 0.4) is 0 Å². The molecule has 1 aliphatic heterocycles. The van der Waals surface area contributed by atoms with Crippen LogP contribution in [-0.2, 0) is 10.2 Å². The van der Waals surface area contributed by atoms with E-state index in [0.717, 1.165) is 51.6 Å². The topological polar surface area (TPSA) is 46.3 Å². The molecule has 2 N–H and O–H groups in total. The Morgan fingerprint density at radius 1 is 1.04 bits per heavy atom. The van der Waals surface area contributed by atoms with Crippen molar-refractivity contribution < 1.29 is 4.79 Å². The van der Waals surface area contributed by atoms with Crippen molar-refractivity contribution in [1.82, 2.24) is 4.90 Å². The molecule has 1 aromatic rings. The summed E-state index contributed by atoms with van der Waals surface area (Å²) < 4.78 is 0. The van der Waals surface area contributed by atoms with E-state index in [2.05, 4.69) is 42.2 Å². The van der Waals surface area contributed by atoms with Crippen molar-refractivity contribution in [3.05, 3.63) is 35.9 Å². The molecule has 6 rings (SSSR count). The smallest absolute Gasteiger partial charge is 0.228 e. The number of nitrogens with two attached hydrogens (primary N) is 1. The van der Waals surface area contributed by atoms with Crippen LogP contribution in [0.25, 0.3) is 0 Å². The highest BCUT2D eigenvalue weighted by molar-refractivity contribution is 5.84. The molecule has 1 aromatic carbocycles. The Labute approximate surface area is 163 Å². The van der Waals surface area contributed by atoms with E-state index in [4.69, 9.17) is 5.73 Å². The lowest BCUT2D eigenvalue weighted by molar-refractivity contribution is -0.170. The predicted octanol–water partition coefficient (Wildman–Crippen LogP) is 4.25. The van der Waals surface area contributed by atoms with Crippen molar-refractivity contribution >= 4 is 5.91 Å². The second-order valence-corrected chi connectivity index (χ2v) is 10.7. The third-order valence-electron chi connectivity index (χ3n) is 8.25. The number of carbonyl (C=O) groups excluding carboxylic acids is 1. The lowest BCUT2D eigenvalue weighted by Gasteiger charge is -2.66. The maximum absolute atomic E-state index is 13.9. The number of benzene rings is 1. The van der Waals surface area contributed by atoms with Crippen molar-refractivity contribution in [2.24, 2.45) is 22.5 Å². The molecule has 1 heterocycles. The fourth-order valence-corrected chi connectivity index (χ4v) is 7.93. The molecule has 0 aromatic heterocycles. The molecule has 4 aliphatic carbocycles. The summed E-state index contributed by atoms with van der Waals surface area (Å²) in [6, 6.07) is 11.4. The maximum Gasteiger partial charge on any atom is 0.228 e. The number of rotatable bonds is 2. The zero-order chi connectivity index (χ0) is 18.7. The fourth-order valence-electron chi connectivity index (χ4n) is 7.93. The molecule has 4 bridgehead atoms. The van der Waals surface area contributed by atoms with Crippen molar-refractivity contribution in [3.8, 4) is 0 Å². The molecule has 27 heavy (non-hydrogen) atoms. The van der Waals surface area contributed by atoms with E-state index in [0.29, 0.717) is 17.2 Å². The van der Waals surface area contributed by atoms with Gasteiger partial charge in [-0.05, 0) is 80.1 Å². The Kier molecular flexibility index (Phi) is 3.99. The molecule has 3 nitrogen and oxygen atoms in total. The Hall–Kier alpha value is -1.35. The summed E-state index contributed by atoms with van der Waals surface area (Å²) in [6.07, 6.45) is 10.3. The van der Waals surface area contributed by atoms with E-state index in [1.165, 1.54) is 24.8 Å². The Morgan fingerprint density at radius 3 is 2.63 bits per heavy atom. The highest BCUT2D eigenvalue weighted by Crippen LogP contribution is 2.70. The molecular formula is C24H34N2O. The van der Waals surface area contributed by atoms with Gasteiger partial charge in [-0.3, -0.25) is 4.79 Å². The highest BCUT2D eigenvalue weighted by Gasteiger charge is 2.65. The third-order valence-corrected chi connectivity index (χ3v) is 8.25. The van der Waals surface area contributed by atoms with Gasteiger partial charge in [0.05, 0.1) is 5.41 Å². The summed E-state index contributed by atoms with van der Waals surface area (Å²) in [5, 5.41) is 0. The molecule has 5 atom stereocenters. The molecule has 5 unspecified atom stereocenters. The standard InChI is InChI=1S/C24H34N2O/c1-22-12-18-13-23(15-22,19-6-3-2-4-7-19)17-24(14-18,16-22)21(27)26-10-5-8-20(25)9-11-26/h2-4,6-7,18,20H,5,8-17,25H2,1H3. The van der Waals surface area contributed by atoms with Gasteiger partial charge in [-0.15, -0.1) is 0 Å². The zero-order valence-corrected chi connectivity index (χ0v) is 16.8. The second-order valence-electron chi connectivity index (χ2n) is 10.7. The van der Waals surface area contributed by atoms with Crippen LogP contribution in [0.1, 0.15) is 70.3 Å². The quantitative estimate of drug-likeness (QED) is 0.850. The van der Waals surface area contributed by atoms with Crippen molar-refractivity contribution in [1.29, 1.82) is 0 Å². The number of likely N-dealkylation sites (tertiary alicyclic amines) is 1. The number of nitrogens with zero attached hydrogens (tertiary/aromatic N) is 1. The number of carbonyl (C=O) groups is 1.